The van der Waals surface area contributed by atoms with Crippen LogP contribution in [-0.2, 0) is 0 Å². The van der Waals surface area contributed by atoms with E-state index in [1.165, 1.54) is 7.05 Å². The van der Waals surface area contributed by atoms with E-state index >= 15 is 0 Å². The summed E-state index contributed by atoms with van der Waals surface area (Å²) in [4.78, 5) is 19.1. The monoisotopic (exact) mass is 139 g/mol. The first-order valence-electron chi connectivity index (χ1n) is 1.55. The summed E-state index contributed by atoms with van der Waals surface area (Å²) in [5.74, 6) is 0. The second kappa shape index (κ2) is 4.32. The number of hydrogen-bond donors (Lipinski definition) is 1. The molecule has 0 bridgehead atoms. The molecule has 0 aliphatic rings. The summed E-state index contributed by atoms with van der Waals surface area (Å²) in [6.07, 6.45) is 0. The SMILES string of the molecule is CN(N=O)C(N)=O.Cl. The predicted octanol–water partition coefficient (Wildman–Crippen LogP) is 0.100. The van der Waals surface area contributed by atoms with Crippen molar-refractivity contribution in [2.45, 2.75) is 0 Å². The number of urea groups is 1. The van der Waals surface area contributed by atoms with E-state index in [-0.39, 0.29) is 12.4 Å². The van der Waals surface area contributed by atoms with Gasteiger partial charge in [0.2, 0.25) is 0 Å². The largest absolute Gasteiger partial charge is 0.350 e. The van der Waals surface area contributed by atoms with Gasteiger partial charge in [-0.1, -0.05) is 0 Å². The van der Waals surface area contributed by atoms with Crippen molar-refractivity contribution in [3.8, 4) is 0 Å². The zero-order valence-corrected chi connectivity index (χ0v) is 5.01. The first-order valence-corrected chi connectivity index (χ1v) is 1.55. The van der Waals surface area contributed by atoms with Gasteiger partial charge in [0.25, 0.3) is 0 Å². The van der Waals surface area contributed by atoms with Gasteiger partial charge >= 0.3 is 6.03 Å². The fraction of sp³-hybridized carbons (Fsp3) is 0.500. The average molecular weight is 140 g/mol. The minimum Gasteiger partial charge on any atom is -0.350 e. The van der Waals surface area contributed by atoms with Crippen molar-refractivity contribution in [2.24, 2.45) is 11.0 Å². The fourth-order valence-electron chi connectivity index (χ4n) is 0.0402. The van der Waals surface area contributed by atoms with Gasteiger partial charge in [-0.05, 0) is 0 Å². The summed E-state index contributed by atoms with van der Waals surface area (Å²) in [6.45, 7) is 0. The molecule has 0 saturated carbocycles. The highest BCUT2D eigenvalue weighted by Crippen LogP contribution is 1.76. The van der Waals surface area contributed by atoms with E-state index < -0.39 is 6.03 Å². The Labute approximate surface area is 52.2 Å². The molecule has 0 unspecified atom stereocenters. The predicted molar refractivity (Wildman–Crippen MR) is 30.4 cm³/mol. The van der Waals surface area contributed by atoms with Crippen LogP contribution in [0.4, 0.5) is 4.79 Å². The minimum absolute atomic E-state index is 0. The van der Waals surface area contributed by atoms with Gasteiger partial charge in [-0.25, -0.2) is 4.79 Å². The molecular formula is C2H6ClN3O2. The molecule has 0 fully saturated rings. The molecule has 0 atom stereocenters. The lowest BCUT2D eigenvalue weighted by molar-refractivity contribution is 0.220. The van der Waals surface area contributed by atoms with Gasteiger partial charge in [-0.3, -0.25) is 0 Å². The number of hydrogen-bond acceptors (Lipinski definition) is 3. The molecule has 0 saturated heterocycles. The van der Waals surface area contributed by atoms with E-state index in [0.29, 0.717) is 5.01 Å². The van der Waals surface area contributed by atoms with Crippen LogP contribution in [0.25, 0.3) is 0 Å². The van der Waals surface area contributed by atoms with Crippen LogP contribution < -0.4 is 5.73 Å². The Hall–Kier alpha value is -0.840. The molecule has 0 aliphatic carbocycles. The number of amides is 2. The molecule has 6 heteroatoms. The Morgan fingerprint density at radius 1 is 1.75 bits per heavy atom. The van der Waals surface area contributed by atoms with Gasteiger partial charge in [0.05, 0.1) is 5.29 Å². The topological polar surface area (TPSA) is 75.8 Å². The third-order valence-corrected chi connectivity index (χ3v) is 0.441. The van der Waals surface area contributed by atoms with Crippen LogP contribution in [0.5, 0.6) is 0 Å². The van der Waals surface area contributed by atoms with Crippen LogP contribution in [0.2, 0.25) is 0 Å². The Kier molecular flexibility index (Phi) is 5.51. The number of carbonyl (C=O) groups excluding carboxylic acids is 1. The van der Waals surface area contributed by atoms with Gasteiger partial charge in [0, 0.05) is 7.05 Å². The summed E-state index contributed by atoms with van der Waals surface area (Å²) >= 11 is 0. The summed E-state index contributed by atoms with van der Waals surface area (Å²) in [5.41, 5.74) is 4.54. The molecule has 0 spiro atoms. The molecule has 0 rings (SSSR count). The van der Waals surface area contributed by atoms with E-state index in [0.717, 1.165) is 0 Å². The number of rotatable bonds is 1. The molecule has 2 amide bonds. The number of nitroso groups, excluding NO2 is 1. The van der Waals surface area contributed by atoms with E-state index in [2.05, 4.69) is 11.0 Å². The summed E-state index contributed by atoms with van der Waals surface area (Å²) < 4.78 is 0. The van der Waals surface area contributed by atoms with Crippen LogP contribution in [0.3, 0.4) is 0 Å². The zero-order chi connectivity index (χ0) is 5.86. The van der Waals surface area contributed by atoms with E-state index in [1.54, 1.807) is 0 Å². The van der Waals surface area contributed by atoms with Crippen molar-refractivity contribution in [3.63, 3.8) is 0 Å². The minimum atomic E-state index is -0.852. The lowest BCUT2D eigenvalue weighted by Gasteiger charge is -1.97. The lowest BCUT2D eigenvalue weighted by atomic mass is 11.0. The van der Waals surface area contributed by atoms with Crippen molar-refractivity contribution in [1.82, 2.24) is 5.01 Å². The zero-order valence-electron chi connectivity index (χ0n) is 4.20. The number of nitrogens with two attached hydrogens (primary N) is 1. The molecule has 0 aromatic carbocycles. The van der Waals surface area contributed by atoms with Gasteiger partial charge in [0.1, 0.15) is 0 Å². The maximum atomic E-state index is 9.78. The molecule has 0 radical (unpaired) electrons. The Bertz CT molecular complexity index is 95.3. The molecule has 48 valence electrons. The first-order chi connectivity index (χ1) is 3.18. The second-order valence-electron chi connectivity index (χ2n) is 0.943. The highest BCUT2D eigenvalue weighted by Gasteiger charge is 1.97. The van der Waals surface area contributed by atoms with Crippen LogP contribution in [-0.4, -0.2) is 18.1 Å². The molecular weight excluding hydrogens is 133 g/mol. The molecule has 0 aromatic heterocycles. The third kappa shape index (κ3) is 3.35. The highest BCUT2D eigenvalue weighted by molar-refractivity contribution is 5.85. The average Bonchev–Trinajstić information content (AvgIpc) is 1.65. The van der Waals surface area contributed by atoms with Crippen molar-refractivity contribution in [3.05, 3.63) is 4.91 Å². The van der Waals surface area contributed by atoms with Gasteiger partial charge in [0.15, 0.2) is 0 Å². The molecule has 5 nitrogen and oxygen atoms in total. The number of carbonyl (C=O) groups is 1. The highest BCUT2D eigenvalue weighted by atomic mass is 35.5. The first kappa shape index (κ1) is 10.2. The van der Waals surface area contributed by atoms with Crippen molar-refractivity contribution < 1.29 is 4.79 Å². The maximum Gasteiger partial charge on any atom is 0.337 e. The molecule has 0 aromatic rings. The lowest BCUT2D eigenvalue weighted by Crippen LogP contribution is -2.26. The number of halogens is 1. The van der Waals surface area contributed by atoms with Crippen molar-refractivity contribution >= 4 is 18.4 Å². The number of nitrogens with zero attached hydrogens (tertiary/aromatic N) is 2. The second-order valence-corrected chi connectivity index (χ2v) is 0.943. The quantitative estimate of drug-likeness (QED) is 0.413. The van der Waals surface area contributed by atoms with Gasteiger partial charge in [-0.2, -0.15) is 5.01 Å². The third-order valence-electron chi connectivity index (χ3n) is 0.441. The van der Waals surface area contributed by atoms with Crippen LogP contribution in [0, 0.1) is 4.91 Å². The fourth-order valence-corrected chi connectivity index (χ4v) is 0.0402. The Balaban J connectivity index is 0. The normalized spacial score (nSPS) is 6.62. The summed E-state index contributed by atoms with van der Waals surface area (Å²) in [6, 6.07) is -0.852. The van der Waals surface area contributed by atoms with E-state index in [9.17, 15) is 9.70 Å². The summed E-state index contributed by atoms with van der Waals surface area (Å²) in [5, 5.41) is 2.70. The van der Waals surface area contributed by atoms with Gasteiger partial charge in [-0.15, -0.1) is 17.3 Å². The van der Waals surface area contributed by atoms with Crippen LogP contribution in [0.1, 0.15) is 0 Å². The van der Waals surface area contributed by atoms with E-state index in [4.69, 9.17) is 0 Å². The molecule has 8 heavy (non-hydrogen) atoms. The van der Waals surface area contributed by atoms with E-state index in [1.807, 2.05) is 0 Å². The Morgan fingerprint density at radius 3 is 2.12 bits per heavy atom. The van der Waals surface area contributed by atoms with Gasteiger partial charge < -0.3 is 5.73 Å². The molecule has 0 heterocycles. The number of primary amides is 1. The maximum absolute atomic E-state index is 9.78. The van der Waals surface area contributed by atoms with Crippen LogP contribution >= 0.6 is 12.4 Å². The molecule has 2 N–H and O–H groups in total. The molecule has 0 aliphatic heterocycles. The van der Waals surface area contributed by atoms with Crippen molar-refractivity contribution in [2.75, 3.05) is 7.05 Å². The standard InChI is InChI=1S/C2H5N3O2.ClH/c1-5(4-7)2(3)6;/h1H3,(H2,3,6);1H. The Morgan fingerprint density at radius 2 is 2.12 bits per heavy atom. The smallest absolute Gasteiger partial charge is 0.337 e. The van der Waals surface area contributed by atoms with Crippen molar-refractivity contribution in [1.29, 1.82) is 0 Å². The van der Waals surface area contributed by atoms with Crippen LogP contribution in [0.15, 0.2) is 5.29 Å². The summed E-state index contributed by atoms with van der Waals surface area (Å²) in [7, 11) is 1.18.